The molecule has 0 aliphatic heterocycles. The van der Waals surface area contributed by atoms with Crippen molar-refractivity contribution in [3.8, 4) is 0 Å². The van der Waals surface area contributed by atoms with Gasteiger partial charge in [-0.1, -0.05) is 269 Å². The van der Waals surface area contributed by atoms with Crippen molar-refractivity contribution in [2.45, 2.75) is 472 Å². The predicted octanol–water partition coefficient (Wildman–Crippen LogP) is 25.8. The Hall–Kier alpha value is -0.320. The first-order valence-corrected chi connectivity index (χ1v) is 46.8. The largest absolute Gasteiger partial charge is 0.393 e. The predicted molar refractivity (Wildman–Crippen MR) is 453 cm³/mol. The van der Waals surface area contributed by atoms with E-state index in [9.17, 15) is 40.9 Å². The van der Waals surface area contributed by atoms with E-state index in [2.05, 4.69) is 166 Å². The molecule has 8 aliphatic rings. The minimum Gasteiger partial charge on any atom is -0.393 e. The second-order valence-electron chi connectivity index (χ2n) is 38.4. The molecule has 8 aliphatic carbocycles. The lowest BCUT2D eigenvalue weighted by Crippen LogP contribution is -2.36. The molecule has 0 aromatic heterocycles. The molecule has 29 atom stereocenters. The van der Waals surface area contributed by atoms with Gasteiger partial charge in [-0.2, -0.15) is 0 Å². The highest BCUT2D eigenvalue weighted by Crippen LogP contribution is 2.43. The van der Waals surface area contributed by atoms with Crippen LogP contribution in [-0.2, 0) is 0 Å². The van der Waals surface area contributed by atoms with E-state index in [-0.39, 0.29) is 48.8 Å². The maximum Gasteiger partial charge on any atom is 0.0598 e. The van der Waals surface area contributed by atoms with Gasteiger partial charge in [0.2, 0.25) is 0 Å². The molecule has 8 rings (SSSR count). The summed E-state index contributed by atoms with van der Waals surface area (Å²) >= 11 is 0. The van der Waals surface area contributed by atoms with E-state index in [4.69, 9.17) is 0 Å². The van der Waals surface area contributed by atoms with Crippen LogP contribution in [0.2, 0.25) is 0 Å². The lowest BCUT2D eigenvalue weighted by atomic mass is 9.70. The summed E-state index contributed by atoms with van der Waals surface area (Å²) in [7, 11) is 0. The number of hydrogen-bond donors (Lipinski definition) is 8. The Morgan fingerprint density at radius 1 is 0.240 bits per heavy atom. The van der Waals surface area contributed by atoms with E-state index in [1.54, 1.807) is 0 Å². The van der Waals surface area contributed by atoms with Crippen LogP contribution in [0.4, 0.5) is 0 Å². The van der Waals surface area contributed by atoms with Crippen molar-refractivity contribution in [1.82, 2.24) is 0 Å². The molecule has 104 heavy (non-hydrogen) atoms. The molecule has 0 aromatic carbocycles. The second kappa shape index (κ2) is 57.7. The number of aliphatic hydroxyl groups is 8. The Morgan fingerprint density at radius 3 is 1.14 bits per heavy atom. The van der Waals surface area contributed by atoms with Gasteiger partial charge >= 0.3 is 0 Å². The van der Waals surface area contributed by atoms with Crippen LogP contribution in [0.1, 0.15) is 423 Å². The van der Waals surface area contributed by atoms with Crippen molar-refractivity contribution in [3.63, 3.8) is 0 Å². The van der Waals surface area contributed by atoms with Crippen molar-refractivity contribution in [1.29, 1.82) is 0 Å². The molecule has 0 spiro atoms. The zero-order valence-corrected chi connectivity index (χ0v) is 74.3. The molecule has 624 valence electrons. The maximum absolute atomic E-state index is 10.1. The molecule has 8 saturated carbocycles. The summed E-state index contributed by atoms with van der Waals surface area (Å²) in [5, 5.41) is 79.0. The van der Waals surface area contributed by atoms with Gasteiger partial charge in [0.05, 0.1) is 48.8 Å². The lowest BCUT2D eigenvalue weighted by Gasteiger charge is -2.38. The molecule has 8 heteroatoms. The van der Waals surface area contributed by atoms with Gasteiger partial charge in [-0.05, 0) is 296 Å². The van der Waals surface area contributed by atoms with Crippen LogP contribution in [0.15, 0.2) is 0 Å². The van der Waals surface area contributed by atoms with Gasteiger partial charge in [0.1, 0.15) is 0 Å². The topological polar surface area (TPSA) is 162 Å². The average Bonchev–Trinajstić information content (AvgIpc) is 0.799. The third-order valence-corrected chi connectivity index (χ3v) is 29.9. The normalized spacial score (nSPS) is 36.6. The molecular weight excluding hydrogens is 1280 g/mol. The van der Waals surface area contributed by atoms with Crippen LogP contribution in [0.5, 0.6) is 0 Å². The highest BCUT2D eigenvalue weighted by atomic mass is 16.3. The fourth-order valence-electron chi connectivity index (χ4n) is 21.2. The van der Waals surface area contributed by atoms with Crippen LogP contribution < -0.4 is 0 Å². The molecule has 0 aromatic rings. The molecule has 8 fully saturated rings. The van der Waals surface area contributed by atoms with Crippen molar-refractivity contribution in [2.75, 3.05) is 0 Å². The van der Waals surface area contributed by atoms with E-state index in [1.165, 1.54) is 180 Å². The first-order chi connectivity index (χ1) is 49.4. The second-order valence-corrected chi connectivity index (χ2v) is 38.4. The number of aliphatic hydroxyl groups excluding tert-OH is 8. The van der Waals surface area contributed by atoms with Crippen LogP contribution in [-0.4, -0.2) is 89.7 Å². The van der Waals surface area contributed by atoms with Gasteiger partial charge in [-0.3, -0.25) is 0 Å². The van der Waals surface area contributed by atoms with E-state index in [0.717, 1.165) is 154 Å². The minimum absolute atomic E-state index is 0.00782. The lowest BCUT2D eigenvalue weighted by molar-refractivity contribution is -0.00771. The molecule has 0 saturated heterocycles. The summed E-state index contributed by atoms with van der Waals surface area (Å²) in [6.07, 6.45) is 48.2. The highest BCUT2D eigenvalue weighted by Gasteiger charge is 2.38. The van der Waals surface area contributed by atoms with Crippen molar-refractivity contribution in [3.05, 3.63) is 0 Å². The van der Waals surface area contributed by atoms with Crippen LogP contribution in [0.25, 0.3) is 0 Å². The van der Waals surface area contributed by atoms with E-state index in [0.29, 0.717) is 65.1 Å². The standard InChI is InChI=1S/8C12H24O/c1-4-10-5-6-12(13)8-11(10)7-9(2)3;1-4-10-5-6-12(13)11(8-10)7-9(2)3;1-4-10-6-5-7-11(12(10)13)8-9(2)3;1-4-9(3)11-6-7-12(13)10(5-2)8-11;1-4-9(3)11-7-6-10(5-2)12(13)8-11;1-4-9(3)11-8-10(5-2)6-7-12(11)13;1-4-9(3)11-7-6-8-12(13)10(11)5-2;1-4-9(3)11-8-6-7-10(5-2)12(11)13/h8*9-13H,4-8H2,1-3H3. The molecule has 0 amide bonds. The van der Waals surface area contributed by atoms with Gasteiger partial charge in [0.15, 0.2) is 0 Å². The quantitative estimate of drug-likeness (QED) is 0.0474. The van der Waals surface area contributed by atoms with Crippen LogP contribution >= 0.6 is 0 Å². The van der Waals surface area contributed by atoms with E-state index < -0.39 is 0 Å². The van der Waals surface area contributed by atoms with E-state index in [1.807, 2.05) is 0 Å². The highest BCUT2D eigenvalue weighted by molar-refractivity contribution is 4.89. The monoisotopic (exact) mass is 1470 g/mol. The molecule has 8 N–H and O–H groups in total. The first-order valence-electron chi connectivity index (χ1n) is 46.8. The summed E-state index contributed by atoms with van der Waals surface area (Å²) in [6, 6.07) is 0. The van der Waals surface area contributed by atoms with Crippen molar-refractivity contribution < 1.29 is 40.9 Å². The Balaban J connectivity index is 0.000000594. The molecule has 29 unspecified atom stereocenters. The molecule has 0 radical (unpaired) electrons. The molecule has 0 bridgehead atoms. The Morgan fingerprint density at radius 2 is 0.644 bits per heavy atom. The zero-order valence-electron chi connectivity index (χ0n) is 74.3. The smallest absolute Gasteiger partial charge is 0.0598 e. The maximum atomic E-state index is 10.1. The zero-order chi connectivity index (χ0) is 78.8. The molecular formula is C96H192O8. The Bertz CT molecular complexity index is 1930. The van der Waals surface area contributed by atoms with Gasteiger partial charge in [0, 0.05) is 0 Å². The number of hydrogen-bond acceptors (Lipinski definition) is 8. The molecule has 8 nitrogen and oxygen atoms in total. The van der Waals surface area contributed by atoms with Gasteiger partial charge in [-0.25, -0.2) is 0 Å². The first kappa shape index (κ1) is 102. The summed E-state index contributed by atoms with van der Waals surface area (Å²) < 4.78 is 0. The number of rotatable bonds is 24. The van der Waals surface area contributed by atoms with E-state index >= 15 is 0 Å². The van der Waals surface area contributed by atoms with Crippen LogP contribution in [0.3, 0.4) is 0 Å². The van der Waals surface area contributed by atoms with Gasteiger partial charge in [0.25, 0.3) is 0 Å². The summed E-state index contributed by atoms with van der Waals surface area (Å²) in [6.45, 7) is 54.3. The third kappa shape index (κ3) is 38.0. The van der Waals surface area contributed by atoms with Gasteiger partial charge < -0.3 is 40.9 Å². The third-order valence-electron chi connectivity index (χ3n) is 29.9. The summed E-state index contributed by atoms with van der Waals surface area (Å²) in [4.78, 5) is 0. The fourth-order valence-corrected chi connectivity index (χ4v) is 21.2. The summed E-state index contributed by atoms with van der Waals surface area (Å²) in [5.74, 6) is 17.1. The van der Waals surface area contributed by atoms with Crippen molar-refractivity contribution >= 4 is 0 Å². The van der Waals surface area contributed by atoms with Crippen molar-refractivity contribution in [2.24, 2.45) is 142 Å². The van der Waals surface area contributed by atoms with Gasteiger partial charge in [-0.15, -0.1) is 0 Å². The van der Waals surface area contributed by atoms with Crippen LogP contribution in [0, 0.1) is 142 Å². The Kier molecular flexibility index (Phi) is 56.4. The summed E-state index contributed by atoms with van der Waals surface area (Å²) in [5.41, 5.74) is 0. The fraction of sp³-hybridized carbons (Fsp3) is 1.00. The Labute approximate surface area is 651 Å². The molecule has 0 heterocycles. The SMILES string of the molecule is CCC(C)C1CCC(CC)C(O)C1.CCC(C)C1CCC(O)C(CC)C1.CCC(C)C1CCCC(CC)C1O.CCC(C)C1CCCC(O)C1CC.CCC1CCC(O)C(C(C)CC)C1.CCC1CCC(O)C(CC(C)C)C1.CCC1CCC(O)CC1CC(C)C.CCC1CCCC(CC(C)C)C1O. The minimum atomic E-state index is -0.0197. The average molecular weight is 1470 g/mol.